The molecule has 180 valence electrons. The summed E-state index contributed by atoms with van der Waals surface area (Å²) in [6.07, 6.45) is -0.0669. The van der Waals surface area contributed by atoms with Crippen LogP contribution in [0.4, 0.5) is 19.0 Å². The number of rotatable bonds is 5. The Morgan fingerprint density at radius 2 is 1.72 bits per heavy atom. The van der Waals surface area contributed by atoms with Gasteiger partial charge >= 0.3 is 6.18 Å². The maximum atomic E-state index is 13.7. The number of nitrogens with zero attached hydrogens (tertiary/aromatic N) is 4. The van der Waals surface area contributed by atoms with Crippen molar-refractivity contribution in [2.45, 2.75) is 6.18 Å². The van der Waals surface area contributed by atoms with Gasteiger partial charge in [0.25, 0.3) is 5.91 Å². The number of benzene rings is 2. The van der Waals surface area contributed by atoms with E-state index in [4.69, 9.17) is 11.6 Å². The van der Waals surface area contributed by atoms with Crippen LogP contribution in [0.1, 0.15) is 15.9 Å². The van der Waals surface area contributed by atoms with Crippen molar-refractivity contribution in [1.82, 2.24) is 25.0 Å². The van der Waals surface area contributed by atoms with Crippen LogP contribution in [0.2, 0.25) is 5.02 Å². The molecule has 3 heterocycles. The van der Waals surface area contributed by atoms with Crippen molar-refractivity contribution in [1.29, 1.82) is 0 Å². The van der Waals surface area contributed by atoms with Crippen LogP contribution < -0.4 is 5.32 Å². The summed E-state index contributed by atoms with van der Waals surface area (Å²) in [5.74, 6) is -0.404. The molecule has 2 aromatic carbocycles. The molecule has 0 aliphatic heterocycles. The minimum Gasteiger partial charge on any atom is -0.306 e. The number of pyridine rings is 1. The summed E-state index contributed by atoms with van der Waals surface area (Å²) in [5, 5.41) is 13.3. The van der Waals surface area contributed by atoms with Crippen molar-refractivity contribution in [2.24, 2.45) is 0 Å². The predicted octanol–water partition coefficient (Wildman–Crippen LogP) is 6.25. The fourth-order valence-electron chi connectivity index (χ4n) is 3.69. The quantitative estimate of drug-likeness (QED) is 0.294. The highest BCUT2D eigenvalue weighted by molar-refractivity contribution is 6.34. The van der Waals surface area contributed by atoms with Crippen LogP contribution >= 0.6 is 11.6 Å². The summed E-state index contributed by atoms with van der Waals surface area (Å²) in [4.78, 5) is 17.3. The smallest absolute Gasteiger partial charge is 0.306 e. The molecule has 0 saturated carbocycles. The second kappa shape index (κ2) is 9.31. The molecule has 3 aromatic heterocycles. The van der Waals surface area contributed by atoms with Crippen molar-refractivity contribution < 1.29 is 18.0 Å². The summed E-state index contributed by atoms with van der Waals surface area (Å²) in [7, 11) is 0. The number of H-pyrrole nitrogens is 1. The second-order valence-corrected chi connectivity index (χ2v) is 8.09. The Kier molecular flexibility index (Phi) is 6.03. The van der Waals surface area contributed by atoms with Gasteiger partial charge in [-0.1, -0.05) is 29.8 Å². The zero-order valence-electron chi connectivity index (χ0n) is 18.3. The van der Waals surface area contributed by atoms with Gasteiger partial charge in [-0.2, -0.15) is 23.4 Å². The fourth-order valence-corrected chi connectivity index (χ4v) is 3.94. The van der Waals surface area contributed by atoms with E-state index in [2.05, 4.69) is 25.6 Å². The number of nitrogens with one attached hydrogen (secondary N) is 2. The second-order valence-electron chi connectivity index (χ2n) is 7.69. The van der Waals surface area contributed by atoms with Crippen LogP contribution in [0.25, 0.3) is 28.2 Å². The Labute approximate surface area is 207 Å². The molecule has 0 spiro atoms. The van der Waals surface area contributed by atoms with Gasteiger partial charge in [-0.25, -0.2) is 4.68 Å². The SMILES string of the molecule is O=C(Nc1cc(-c2ccncc2)nn1-c1ccccc1)c1cc(-c2cc[nH]n2)c(C(F)(F)F)cc1Cl. The molecular formula is C25H16ClF3N6O. The standard InChI is InChI=1S/C25H16ClF3N6O/c26-20-13-19(25(27,28)29)17(21-8-11-31-33-21)12-18(20)24(36)32-23-14-22(15-6-9-30-10-7-15)34-35(23)16-4-2-1-3-5-16/h1-14H,(H,31,33)(H,32,36). The molecule has 0 aliphatic carbocycles. The number of hydrogen-bond acceptors (Lipinski definition) is 4. The number of aromatic amines is 1. The molecule has 1 amide bonds. The average molecular weight is 509 g/mol. The number of alkyl halides is 3. The van der Waals surface area contributed by atoms with Gasteiger partial charge in [-0.3, -0.25) is 14.9 Å². The molecule has 2 N–H and O–H groups in total. The molecule has 0 unspecified atom stereocenters. The van der Waals surface area contributed by atoms with Crippen molar-refractivity contribution in [3.05, 3.63) is 101 Å². The molecule has 0 atom stereocenters. The molecule has 0 saturated heterocycles. The van der Waals surface area contributed by atoms with Gasteiger partial charge in [0.15, 0.2) is 0 Å². The lowest BCUT2D eigenvalue weighted by Crippen LogP contribution is -2.17. The monoisotopic (exact) mass is 508 g/mol. The van der Waals surface area contributed by atoms with E-state index >= 15 is 0 Å². The lowest BCUT2D eigenvalue weighted by atomic mass is 10.00. The molecule has 5 rings (SSSR count). The van der Waals surface area contributed by atoms with E-state index in [-0.39, 0.29) is 21.8 Å². The third kappa shape index (κ3) is 4.58. The summed E-state index contributed by atoms with van der Waals surface area (Å²) < 4.78 is 42.6. The van der Waals surface area contributed by atoms with Crippen LogP contribution in [0.3, 0.4) is 0 Å². The van der Waals surface area contributed by atoms with Crippen LogP contribution in [0.5, 0.6) is 0 Å². The first kappa shape index (κ1) is 23.3. The van der Waals surface area contributed by atoms with Gasteiger partial charge in [0, 0.05) is 35.8 Å². The summed E-state index contributed by atoms with van der Waals surface area (Å²) in [6, 6.07) is 17.5. The molecule has 0 aliphatic rings. The minimum atomic E-state index is -4.70. The molecule has 5 aromatic rings. The van der Waals surface area contributed by atoms with Crippen LogP contribution in [-0.2, 0) is 6.18 Å². The average Bonchev–Trinajstić information content (AvgIpc) is 3.55. The first-order valence-electron chi connectivity index (χ1n) is 10.6. The summed E-state index contributed by atoms with van der Waals surface area (Å²) in [6.45, 7) is 0. The maximum Gasteiger partial charge on any atom is 0.417 e. The highest BCUT2D eigenvalue weighted by Crippen LogP contribution is 2.39. The van der Waals surface area contributed by atoms with Crippen molar-refractivity contribution >= 4 is 23.3 Å². The van der Waals surface area contributed by atoms with E-state index in [1.165, 1.54) is 16.9 Å². The number of halogens is 4. The number of anilines is 1. The topological polar surface area (TPSA) is 88.5 Å². The number of carbonyl (C=O) groups is 1. The van der Waals surface area contributed by atoms with Crippen molar-refractivity contribution in [3.63, 3.8) is 0 Å². The number of hydrogen-bond donors (Lipinski definition) is 2. The Bertz CT molecular complexity index is 1520. The fraction of sp³-hybridized carbons (Fsp3) is 0.0400. The predicted molar refractivity (Wildman–Crippen MR) is 129 cm³/mol. The number of aromatic nitrogens is 5. The van der Waals surface area contributed by atoms with Crippen LogP contribution in [0.15, 0.2) is 85.3 Å². The van der Waals surface area contributed by atoms with E-state index < -0.39 is 17.6 Å². The highest BCUT2D eigenvalue weighted by atomic mass is 35.5. The minimum absolute atomic E-state index is 0.0299. The first-order valence-corrected chi connectivity index (χ1v) is 11.0. The van der Waals surface area contributed by atoms with Crippen LogP contribution in [-0.4, -0.2) is 30.9 Å². The number of carbonyl (C=O) groups excluding carboxylic acids is 1. The third-order valence-electron chi connectivity index (χ3n) is 5.36. The zero-order valence-corrected chi connectivity index (χ0v) is 19.0. The third-order valence-corrected chi connectivity index (χ3v) is 5.67. The first-order chi connectivity index (χ1) is 17.3. The lowest BCUT2D eigenvalue weighted by molar-refractivity contribution is -0.137. The Balaban J connectivity index is 1.57. The molecule has 0 bridgehead atoms. The number of para-hydroxylation sites is 1. The molecule has 7 nitrogen and oxygen atoms in total. The normalized spacial score (nSPS) is 11.4. The molecule has 11 heteroatoms. The zero-order chi connectivity index (χ0) is 25.3. The maximum absolute atomic E-state index is 13.7. The van der Waals surface area contributed by atoms with E-state index in [0.717, 1.165) is 17.7 Å². The largest absolute Gasteiger partial charge is 0.417 e. The molecule has 0 fully saturated rings. The molecule has 0 radical (unpaired) electrons. The summed E-state index contributed by atoms with van der Waals surface area (Å²) in [5.41, 5.74) is 0.619. The van der Waals surface area contributed by atoms with Gasteiger partial charge in [-0.05, 0) is 42.5 Å². The van der Waals surface area contributed by atoms with Gasteiger partial charge in [-0.15, -0.1) is 0 Å². The molecule has 36 heavy (non-hydrogen) atoms. The highest BCUT2D eigenvalue weighted by Gasteiger charge is 2.35. The van der Waals surface area contributed by atoms with Crippen molar-refractivity contribution in [2.75, 3.05) is 5.32 Å². The van der Waals surface area contributed by atoms with Gasteiger partial charge < -0.3 is 5.32 Å². The van der Waals surface area contributed by atoms with Crippen molar-refractivity contribution in [3.8, 4) is 28.2 Å². The van der Waals surface area contributed by atoms with Crippen LogP contribution in [0, 0.1) is 0 Å². The Morgan fingerprint density at radius 3 is 2.39 bits per heavy atom. The van der Waals surface area contributed by atoms with E-state index in [9.17, 15) is 18.0 Å². The van der Waals surface area contributed by atoms with E-state index in [1.54, 1.807) is 42.7 Å². The lowest BCUT2D eigenvalue weighted by Gasteiger charge is -2.15. The molecular weight excluding hydrogens is 493 g/mol. The Morgan fingerprint density at radius 1 is 0.972 bits per heavy atom. The van der Waals surface area contributed by atoms with Gasteiger partial charge in [0.1, 0.15) is 5.82 Å². The van der Waals surface area contributed by atoms with E-state index in [0.29, 0.717) is 17.2 Å². The van der Waals surface area contributed by atoms with E-state index in [1.807, 2.05) is 18.2 Å². The summed E-state index contributed by atoms with van der Waals surface area (Å²) >= 11 is 6.17. The van der Waals surface area contributed by atoms with Gasteiger partial charge in [0.2, 0.25) is 0 Å². The van der Waals surface area contributed by atoms with Gasteiger partial charge in [0.05, 0.1) is 33.2 Å². The number of amides is 1. The Hall–Kier alpha value is -4.44.